The number of aromatic amines is 1. The third kappa shape index (κ3) is 2.16. The van der Waals surface area contributed by atoms with Gasteiger partial charge < -0.3 is 5.32 Å². The van der Waals surface area contributed by atoms with Gasteiger partial charge in [0.15, 0.2) is 0 Å². The van der Waals surface area contributed by atoms with Crippen LogP contribution in [0.5, 0.6) is 0 Å². The highest BCUT2D eigenvalue weighted by Crippen LogP contribution is 2.39. The van der Waals surface area contributed by atoms with Crippen molar-refractivity contribution in [2.45, 2.75) is 18.8 Å². The van der Waals surface area contributed by atoms with Crippen LogP contribution >= 0.6 is 15.9 Å². The molecule has 1 aliphatic carbocycles. The molecule has 0 amide bonds. The van der Waals surface area contributed by atoms with E-state index in [1.54, 1.807) is 0 Å². The van der Waals surface area contributed by atoms with Crippen LogP contribution in [0.15, 0.2) is 35.1 Å². The number of anilines is 2. The van der Waals surface area contributed by atoms with E-state index in [1.807, 2.05) is 30.6 Å². The smallest absolute Gasteiger partial charge is 0.148 e. The van der Waals surface area contributed by atoms with Gasteiger partial charge in [0.1, 0.15) is 11.6 Å². The van der Waals surface area contributed by atoms with E-state index in [1.165, 1.54) is 12.8 Å². The summed E-state index contributed by atoms with van der Waals surface area (Å²) in [7, 11) is 0. The van der Waals surface area contributed by atoms with Gasteiger partial charge >= 0.3 is 0 Å². The van der Waals surface area contributed by atoms with E-state index in [-0.39, 0.29) is 0 Å². The molecule has 0 unspecified atom stereocenters. The fourth-order valence-corrected chi connectivity index (χ4v) is 2.45. The molecule has 100 valence electrons. The van der Waals surface area contributed by atoms with Crippen molar-refractivity contribution in [3.8, 4) is 0 Å². The lowest BCUT2D eigenvalue weighted by molar-refractivity contribution is 0.925. The van der Waals surface area contributed by atoms with Crippen molar-refractivity contribution in [2.24, 2.45) is 0 Å². The lowest BCUT2D eigenvalue weighted by atomic mass is 10.2. The molecule has 5 nitrogen and oxygen atoms in total. The fourth-order valence-electron chi connectivity index (χ4n) is 2.16. The van der Waals surface area contributed by atoms with Gasteiger partial charge in [0.05, 0.1) is 16.2 Å². The summed E-state index contributed by atoms with van der Waals surface area (Å²) in [5.74, 6) is 2.28. The molecular weight excluding hydrogens is 318 g/mol. The molecule has 6 heteroatoms. The Balaban J connectivity index is 1.68. The zero-order valence-electron chi connectivity index (χ0n) is 10.6. The van der Waals surface area contributed by atoms with Crippen molar-refractivity contribution in [2.75, 3.05) is 5.32 Å². The van der Waals surface area contributed by atoms with Gasteiger partial charge in [-0.3, -0.25) is 5.10 Å². The maximum absolute atomic E-state index is 4.60. The Morgan fingerprint density at radius 2 is 2.15 bits per heavy atom. The summed E-state index contributed by atoms with van der Waals surface area (Å²) in [5.41, 5.74) is 2.01. The zero-order chi connectivity index (χ0) is 13.5. The minimum absolute atomic E-state index is 0.542. The van der Waals surface area contributed by atoms with Crippen LogP contribution in [0.1, 0.15) is 24.6 Å². The van der Waals surface area contributed by atoms with Crippen LogP contribution in [-0.2, 0) is 0 Å². The van der Waals surface area contributed by atoms with Crippen LogP contribution < -0.4 is 5.32 Å². The Morgan fingerprint density at radius 1 is 1.25 bits per heavy atom. The van der Waals surface area contributed by atoms with Crippen LogP contribution in [0, 0.1) is 0 Å². The standard InChI is InChI=1S/C14H12BrN5/c15-11-7-16-13(8-1-2-8)19-14(11)18-10-3-4-12-9(5-10)6-17-20-12/h3-8H,1-2H2,(H,17,20)(H,16,18,19). The molecule has 2 aromatic heterocycles. The molecule has 1 fully saturated rings. The first-order valence-corrected chi connectivity index (χ1v) is 7.31. The van der Waals surface area contributed by atoms with Crippen LogP contribution in [0.2, 0.25) is 0 Å². The number of benzene rings is 1. The number of aromatic nitrogens is 4. The van der Waals surface area contributed by atoms with Crippen LogP contribution in [-0.4, -0.2) is 20.2 Å². The summed E-state index contributed by atoms with van der Waals surface area (Å²) in [6.45, 7) is 0. The summed E-state index contributed by atoms with van der Waals surface area (Å²) in [5, 5.41) is 11.4. The van der Waals surface area contributed by atoms with Crippen molar-refractivity contribution < 1.29 is 0 Å². The van der Waals surface area contributed by atoms with E-state index in [9.17, 15) is 0 Å². The number of H-pyrrole nitrogens is 1. The van der Waals surface area contributed by atoms with Gasteiger partial charge in [-0.25, -0.2) is 9.97 Å². The molecule has 0 radical (unpaired) electrons. The Labute approximate surface area is 124 Å². The predicted octanol–water partition coefficient (Wildman–Crippen LogP) is 3.74. The average Bonchev–Trinajstić information content (AvgIpc) is 3.19. The Bertz CT molecular complexity index is 778. The number of hydrogen-bond acceptors (Lipinski definition) is 4. The average molecular weight is 330 g/mol. The first kappa shape index (κ1) is 11.8. The second-order valence-electron chi connectivity index (χ2n) is 5.00. The van der Waals surface area contributed by atoms with Crippen LogP contribution in [0.3, 0.4) is 0 Å². The molecule has 1 aliphatic rings. The van der Waals surface area contributed by atoms with E-state index in [0.717, 1.165) is 32.7 Å². The first-order chi connectivity index (χ1) is 9.79. The second kappa shape index (κ2) is 4.56. The quantitative estimate of drug-likeness (QED) is 0.768. The van der Waals surface area contributed by atoms with Crippen molar-refractivity contribution in [1.82, 2.24) is 20.2 Å². The number of hydrogen-bond donors (Lipinski definition) is 2. The zero-order valence-corrected chi connectivity index (χ0v) is 12.2. The van der Waals surface area contributed by atoms with Gasteiger partial charge in [-0.2, -0.15) is 5.10 Å². The van der Waals surface area contributed by atoms with Gasteiger partial charge in [0, 0.05) is 23.2 Å². The number of rotatable bonds is 3. The maximum atomic E-state index is 4.60. The highest BCUT2D eigenvalue weighted by Gasteiger charge is 2.27. The molecule has 4 rings (SSSR count). The van der Waals surface area contributed by atoms with Gasteiger partial charge in [0.2, 0.25) is 0 Å². The van der Waals surface area contributed by atoms with E-state index < -0.39 is 0 Å². The molecule has 2 N–H and O–H groups in total. The monoisotopic (exact) mass is 329 g/mol. The Morgan fingerprint density at radius 3 is 3.00 bits per heavy atom. The highest BCUT2D eigenvalue weighted by atomic mass is 79.9. The first-order valence-electron chi connectivity index (χ1n) is 6.52. The topological polar surface area (TPSA) is 66.5 Å². The minimum Gasteiger partial charge on any atom is -0.339 e. The number of fused-ring (bicyclic) bond motifs is 1. The molecular formula is C14H12BrN5. The minimum atomic E-state index is 0.542. The van der Waals surface area contributed by atoms with Gasteiger partial charge in [-0.15, -0.1) is 0 Å². The summed E-state index contributed by atoms with van der Waals surface area (Å²) in [6.07, 6.45) is 6.02. The largest absolute Gasteiger partial charge is 0.339 e. The van der Waals surface area contributed by atoms with Gasteiger partial charge in [-0.05, 0) is 47.0 Å². The molecule has 20 heavy (non-hydrogen) atoms. The Kier molecular flexibility index (Phi) is 2.70. The van der Waals surface area contributed by atoms with Crippen LogP contribution in [0.4, 0.5) is 11.5 Å². The molecule has 0 saturated heterocycles. The number of nitrogens with one attached hydrogen (secondary N) is 2. The lowest BCUT2D eigenvalue weighted by Crippen LogP contribution is -2.00. The van der Waals surface area contributed by atoms with Gasteiger partial charge in [-0.1, -0.05) is 0 Å². The summed E-state index contributed by atoms with van der Waals surface area (Å²) >= 11 is 3.49. The van der Waals surface area contributed by atoms with E-state index >= 15 is 0 Å². The van der Waals surface area contributed by atoms with E-state index in [4.69, 9.17) is 0 Å². The molecule has 2 heterocycles. The summed E-state index contributed by atoms with van der Waals surface area (Å²) < 4.78 is 0.870. The molecule has 3 aromatic rings. The molecule has 0 bridgehead atoms. The van der Waals surface area contributed by atoms with Crippen molar-refractivity contribution >= 4 is 38.3 Å². The van der Waals surface area contributed by atoms with Crippen LogP contribution in [0.25, 0.3) is 10.9 Å². The predicted molar refractivity (Wildman–Crippen MR) is 81.1 cm³/mol. The summed E-state index contributed by atoms with van der Waals surface area (Å²) in [4.78, 5) is 8.98. The van der Waals surface area contributed by atoms with Crippen molar-refractivity contribution in [1.29, 1.82) is 0 Å². The SMILES string of the molecule is Brc1cnc(C2CC2)nc1Nc1ccc2[nH]ncc2c1. The fraction of sp³-hybridized carbons (Fsp3) is 0.214. The van der Waals surface area contributed by atoms with E-state index in [0.29, 0.717) is 5.92 Å². The summed E-state index contributed by atoms with van der Waals surface area (Å²) in [6, 6.07) is 6.05. The third-order valence-electron chi connectivity index (χ3n) is 3.41. The third-order valence-corrected chi connectivity index (χ3v) is 3.99. The molecule has 1 saturated carbocycles. The molecule has 0 aliphatic heterocycles. The molecule has 0 spiro atoms. The Hall–Kier alpha value is -1.95. The van der Waals surface area contributed by atoms with E-state index in [2.05, 4.69) is 41.4 Å². The maximum Gasteiger partial charge on any atom is 0.148 e. The number of halogens is 1. The second-order valence-corrected chi connectivity index (χ2v) is 5.85. The number of nitrogens with zero attached hydrogens (tertiary/aromatic N) is 3. The van der Waals surface area contributed by atoms with Crippen molar-refractivity contribution in [3.63, 3.8) is 0 Å². The lowest BCUT2D eigenvalue weighted by Gasteiger charge is -2.09. The highest BCUT2D eigenvalue weighted by molar-refractivity contribution is 9.10. The molecule has 0 atom stereocenters. The van der Waals surface area contributed by atoms with Crippen molar-refractivity contribution in [3.05, 3.63) is 40.9 Å². The molecule has 1 aromatic carbocycles. The van der Waals surface area contributed by atoms with Gasteiger partial charge in [0.25, 0.3) is 0 Å². The normalized spacial score (nSPS) is 14.7.